The van der Waals surface area contributed by atoms with Crippen molar-refractivity contribution in [3.8, 4) is 0 Å². The second-order valence-corrected chi connectivity index (χ2v) is 5.30. The first-order valence-electron chi connectivity index (χ1n) is 5.47. The van der Waals surface area contributed by atoms with E-state index in [1.807, 2.05) is 16.4 Å². The zero-order chi connectivity index (χ0) is 10.3. The van der Waals surface area contributed by atoms with Crippen molar-refractivity contribution in [2.75, 3.05) is 18.8 Å². The first kappa shape index (κ1) is 9.54. The summed E-state index contributed by atoms with van der Waals surface area (Å²) in [6.07, 6.45) is 1.99. The lowest BCUT2D eigenvalue weighted by Crippen LogP contribution is -2.25. The number of aromatic amines is 1. The molecule has 15 heavy (non-hydrogen) atoms. The molecule has 1 aromatic rings. The van der Waals surface area contributed by atoms with E-state index in [1.165, 1.54) is 0 Å². The van der Waals surface area contributed by atoms with Crippen molar-refractivity contribution in [3.63, 3.8) is 0 Å². The van der Waals surface area contributed by atoms with Crippen LogP contribution >= 0.6 is 11.8 Å². The molecule has 0 spiro atoms. The molecular weight excluding hydrogens is 210 g/mol. The monoisotopic (exact) mass is 225 g/mol. The summed E-state index contributed by atoms with van der Waals surface area (Å²) >= 11 is 1.90. The minimum atomic E-state index is 0.221. The summed E-state index contributed by atoms with van der Waals surface area (Å²) in [6.45, 7) is 1.95. The Hall–Kier alpha value is -0.680. The number of thioether (sulfide) groups is 1. The summed E-state index contributed by atoms with van der Waals surface area (Å²) < 4.78 is 1.84. The molecule has 0 radical (unpaired) electrons. The molecule has 2 aliphatic heterocycles. The van der Waals surface area contributed by atoms with Crippen LogP contribution in [-0.2, 0) is 12.2 Å². The molecule has 1 saturated heterocycles. The normalized spacial score (nSPS) is 25.5. The van der Waals surface area contributed by atoms with E-state index in [4.69, 9.17) is 0 Å². The molecule has 1 unspecified atom stereocenters. The van der Waals surface area contributed by atoms with Gasteiger partial charge < -0.3 is 5.32 Å². The Labute approximate surface area is 92.4 Å². The molecule has 2 N–H and O–H groups in total. The van der Waals surface area contributed by atoms with Gasteiger partial charge in [0.05, 0.1) is 11.7 Å². The molecule has 0 aliphatic carbocycles. The lowest BCUT2D eigenvalue weighted by Gasteiger charge is -2.08. The van der Waals surface area contributed by atoms with Crippen LogP contribution in [0.25, 0.3) is 0 Å². The van der Waals surface area contributed by atoms with Gasteiger partial charge in [-0.3, -0.25) is 9.89 Å². The number of aromatic nitrogens is 2. The van der Waals surface area contributed by atoms with Crippen LogP contribution in [-0.4, -0.2) is 28.6 Å². The van der Waals surface area contributed by atoms with Gasteiger partial charge in [-0.2, -0.15) is 11.8 Å². The van der Waals surface area contributed by atoms with E-state index in [2.05, 4.69) is 10.4 Å². The van der Waals surface area contributed by atoms with E-state index < -0.39 is 0 Å². The van der Waals surface area contributed by atoms with Gasteiger partial charge in [0.2, 0.25) is 0 Å². The molecular formula is C10H15N3OS. The van der Waals surface area contributed by atoms with E-state index in [9.17, 15) is 4.79 Å². The van der Waals surface area contributed by atoms with Crippen LogP contribution in [0.3, 0.4) is 0 Å². The van der Waals surface area contributed by atoms with Crippen molar-refractivity contribution in [3.05, 3.63) is 21.6 Å². The van der Waals surface area contributed by atoms with Crippen LogP contribution in [0.5, 0.6) is 0 Å². The van der Waals surface area contributed by atoms with Crippen LogP contribution in [0.15, 0.2) is 4.79 Å². The third-order valence-corrected chi connectivity index (χ3v) is 4.22. The van der Waals surface area contributed by atoms with Gasteiger partial charge in [-0.1, -0.05) is 0 Å². The van der Waals surface area contributed by atoms with Crippen LogP contribution < -0.4 is 10.9 Å². The van der Waals surface area contributed by atoms with E-state index >= 15 is 0 Å². The summed E-state index contributed by atoms with van der Waals surface area (Å²) in [5.41, 5.74) is 2.41. The molecule has 1 atom stereocenters. The van der Waals surface area contributed by atoms with Crippen LogP contribution in [0.1, 0.15) is 23.7 Å². The molecule has 0 saturated carbocycles. The predicted octanol–water partition coefficient (Wildman–Crippen LogP) is 0.500. The minimum absolute atomic E-state index is 0.221. The molecule has 5 heteroatoms. The number of nitrogens with zero attached hydrogens (tertiary/aromatic N) is 1. The average molecular weight is 225 g/mol. The smallest absolute Gasteiger partial charge is 0.270 e. The molecule has 0 bridgehead atoms. The Morgan fingerprint density at radius 2 is 2.40 bits per heavy atom. The van der Waals surface area contributed by atoms with Gasteiger partial charge in [0.25, 0.3) is 5.56 Å². The van der Waals surface area contributed by atoms with E-state index in [-0.39, 0.29) is 5.56 Å². The maximum absolute atomic E-state index is 12.1. The van der Waals surface area contributed by atoms with E-state index in [0.29, 0.717) is 6.04 Å². The van der Waals surface area contributed by atoms with Gasteiger partial charge in [-0.15, -0.1) is 0 Å². The Balaban J connectivity index is 2.01. The zero-order valence-electron chi connectivity index (χ0n) is 8.58. The summed E-state index contributed by atoms with van der Waals surface area (Å²) in [7, 11) is 0. The third kappa shape index (κ3) is 1.54. The Kier molecular flexibility index (Phi) is 2.36. The van der Waals surface area contributed by atoms with E-state index in [0.717, 1.165) is 48.7 Å². The Morgan fingerprint density at radius 1 is 1.47 bits per heavy atom. The molecule has 1 fully saturated rings. The molecule has 3 heterocycles. The molecule has 2 aliphatic rings. The highest BCUT2D eigenvalue weighted by Gasteiger charge is 2.23. The number of rotatable bonds is 1. The number of hydrogen-bond donors (Lipinski definition) is 2. The third-order valence-electron chi connectivity index (χ3n) is 3.24. The topological polar surface area (TPSA) is 49.8 Å². The SMILES string of the molecule is O=c1c2c([nH]n1C1CCNC1)CSCC2. The highest BCUT2D eigenvalue weighted by atomic mass is 32.2. The second-order valence-electron chi connectivity index (χ2n) is 4.19. The number of H-pyrrole nitrogens is 1. The average Bonchev–Trinajstić information content (AvgIpc) is 2.87. The van der Waals surface area contributed by atoms with Crippen molar-refractivity contribution in [1.29, 1.82) is 0 Å². The van der Waals surface area contributed by atoms with Gasteiger partial charge in [-0.25, -0.2) is 4.68 Å². The van der Waals surface area contributed by atoms with Crippen LogP contribution in [0.4, 0.5) is 0 Å². The predicted molar refractivity (Wildman–Crippen MR) is 61.4 cm³/mol. The van der Waals surface area contributed by atoms with Crippen LogP contribution in [0, 0.1) is 0 Å². The molecule has 1 aromatic heterocycles. The largest absolute Gasteiger partial charge is 0.315 e. The maximum Gasteiger partial charge on any atom is 0.270 e. The molecule has 82 valence electrons. The van der Waals surface area contributed by atoms with Gasteiger partial charge in [-0.05, 0) is 25.1 Å². The molecule has 4 nitrogen and oxygen atoms in total. The second kappa shape index (κ2) is 3.72. The van der Waals surface area contributed by atoms with E-state index in [1.54, 1.807) is 0 Å². The molecule has 3 rings (SSSR count). The Morgan fingerprint density at radius 3 is 3.13 bits per heavy atom. The summed E-state index contributed by atoms with van der Waals surface area (Å²) in [5, 5.41) is 6.58. The summed E-state index contributed by atoms with van der Waals surface area (Å²) in [6, 6.07) is 0.341. The Bertz CT molecular complexity index is 417. The first-order valence-corrected chi connectivity index (χ1v) is 6.62. The highest BCUT2D eigenvalue weighted by Crippen LogP contribution is 2.22. The fourth-order valence-electron chi connectivity index (χ4n) is 2.38. The minimum Gasteiger partial charge on any atom is -0.315 e. The van der Waals surface area contributed by atoms with Crippen molar-refractivity contribution in [2.45, 2.75) is 24.6 Å². The zero-order valence-corrected chi connectivity index (χ0v) is 9.40. The highest BCUT2D eigenvalue weighted by molar-refractivity contribution is 7.98. The standard InChI is InChI=1S/C10H15N3OS/c14-10-8-2-4-15-6-9(8)12-13(10)7-1-3-11-5-7/h7,11-12H,1-6H2. The quantitative estimate of drug-likeness (QED) is 0.732. The van der Waals surface area contributed by atoms with Gasteiger partial charge >= 0.3 is 0 Å². The number of hydrogen-bond acceptors (Lipinski definition) is 3. The number of fused-ring (bicyclic) bond motifs is 1. The first-order chi connectivity index (χ1) is 7.36. The van der Waals surface area contributed by atoms with Crippen molar-refractivity contribution < 1.29 is 0 Å². The fraction of sp³-hybridized carbons (Fsp3) is 0.700. The fourth-order valence-corrected chi connectivity index (χ4v) is 3.32. The lowest BCUT2D eigenvalue weighted by atomic mass is 10.2. The molecule has 0 amide bonds. The maximum atomic E-state index is 12.1. The lowest BCUT2D eigenvalue weighted by molar-refractivity contribution is 0.474. The number of nitrogens with one attached hydrogen (secondary N) is 2. The van der Waals surface area contributed by atoms with Gasteiger partial charge in [0.15, 0.2) is 0 Å². The van der Waals surface area contributed by atoms with Crippen molar-refractivity contribution in [1.82, 2.24) is 15.1 Å². The van der Waals surface area contributed by atoms with Crippen LogP contribution in [0.2, 0.25) is 0 Å². The summed E-state index contributed by atoms with van der Waals surface area (Å²) in [4.78, 5) is 12.1. The van der Waals surface area contributed by atoms with Gasteiger partial charge in [0, 0.05) is 17.9 Å². The van der Waals surface area contributed by atoms with Crippen molar-refractivity contribution >= 4 is 11.8 Å². The molecule has 0 aromatic carbocycles. The van der Waals surface area contributed by atoms with Gasteiger partial charge in [0.1, 0.15) is 0 Å². The summed E-state index contributed by atoms with van der Waals surface area (Å²) in [5.74, 6) is 2.06. The van der Waals surface area contributed by atoms with Crippen molar-refractivity contribution in [2.24, 2.45) is 0 Å².